The fraction of sp³-hybridized carbons (Fsp3) is 0.385. The summed E-state index contributed by atoms with van der Waals surface area (Å²) in [7, 11) is 0. The summed E-state index contributed by atoms with van der Waals surface area (Å²) in [5, 5.41) is 2.69. The van der Waals surface area contributed by atoms with E-state index >= 15 is 0 Å². The molecule has 2 aliphatic heterocycles. The van der Waals surface area contributed by atoms with Crippen molar-refractivity contribution in [2.45, 2.75) is 57.4 Å². The molecule has 1 fully saturated rings. The number of nitrogens with zero attached hydrogens (tertiary/aromatic N) is 2. The largest absolute Gasteiger partial charge is 0.349 e. The summed E-state index contributed by atoms with van der Waals surface area (Å²) in [5.74, 6) is 0. The van der Waals surface area contributed by atoms with Crippen molar-refractivity contribution in [1.29, 1.82) is 0 Å². The average molecular weight is 369 g/mol. The topological polar surface area (TPSA) is 6.48 Å². The second kappa shape index (κ2) is 5.76. The summed E-state index contributed by atoms with van der Waals surface area (Å²) in [6.07, 6.45) is 6.84. The Morgan fingerprint density at radius 2 is 1.54 bits per heavy atom. The highest BCUT2D eigenvalue weighted by molar-refractivity contribution is 5.96. The summed E-state index contributed by atoms with van der Waals surface area (Å²) < 4.78 is 0. The SMILES string of the molecule is CC1(C)c2cc3ccccc3cc2N2CN(C3CCCCC3)c3cccc1c32. The summed E-state index contributed by atoms with van der Waals surface area (Å²) in [5.41, 5.74) is 7.27. The van der Waals surface area contributed by atoms with Crippen LogP contribution in [0.15, 0.2) is 54.6 Å². The zero-order valence-corrected chi connectivity index (χ0v) is 16.9. The van der Waals surface area contributed by atoms with Gasteiger partial charge in [-0.1, -0.05) is 69.5 Å². The lowest BCUT2D eigenvalue weighted by atomic mass is 9.73. The molecule has 0 N–H and O–H groups in total. The lowest BCUT2D eigenvalue weighted by Gasteiger charge is -2.39. The molecule has 0 amide bonds. The predicted octanol–water partition coefficient (Wildman–Crippen LogP) is 6.73. The van der Waals surface area contributed by atoms with Gasteiger partial charge in [0.2, 0.25) is 0 Å². The second-order valence-corrected chi connectivity index (χ2v) is 9.35. The number of para-hydroxylation sites is 1. The number of hydrogen-bond donors (Lipinski definition) is 0. The van der Waals surface area contributed by atoms with Crippen LogP contribution in [-0.4, -0.2) is 12.7 Å². The zero-order valence-electron chi connectivity index (χ0n) is 16.9. The first-order chi connectivity index (χ1) is 13.6. The summed E-state index contributed by atoms with van der Waals surface area (Å²) in [6.45, 7) is 5.80. The molecule has 1 aliphatic carbocycles. The molecule has 0 saturated heterocycles. The van der Waals surface area contributed by atoms with Crippen molar-refractivity contribution in [3.8, 4) is 0 Å². The first kappa shape index (κ1) is 16.5. The molecular weight excluding hydrogens is 340 g/mol. The molecule has 28 heavy (non-hydrogen) atoms. The van der Waals surface area contributed by atoms with Crippen molar-refractivity contribution in [2.75, 3.05) is 16.5 Å². The quantitative estimate of drug-likeness (QED) is 0.470. The minimum Gasteiger partial charge on any atom is -0.349 e. The minimum atomic E-state index is 0.0176. The molecule has 142 valence electrons. The van der Waals surface area contributed by atoms with Gasteiger partial charge in [0, 0.05) is 17.1 Å². The van der Waals surface area contributed by atoms with E-state index in [1.54, 1.807) is 0 Å². The summed E-state index contributed by atoms with van der Waals surface area (Å²) >= 11 is 0. The van der Waals surface area contributed by atoms with E-state index < -0.39 is 0 Å². The molecule has 3 aromatic rings. The molecule has 0 atom stereocenters. The molecular formula is C26H28N2. The van der Waals surface area contributed by atoms with E-state index in [-0.39, 0.29) is 5.41 Å². The van der Waals surface area contributed by atoms with Crippen molar-refractivity contribution in [1.82, 2.24) is 0 Å². The van der Waals surface area contributed by atoms with Crippen LogP contribution in [-0.2, 0) is 5.41 Å². The molecule has 0 bridgehead atoms. The third-order valence-electron chi connectivity index (χ3n) is 7.40. The van der Waals surface area contributed by atoms with Crippen LogP contribution in [0.2, 0.25) is 0 Å². The van der Waals surface area contributed by atoms with Crippen LogP contribution in [0.25, 0.3) is 10.8 Å². The molecule has 0 unspecified atom stereocenters. The van der Waals surface area contributed by atoms with Crippen molar-refractivity contribution in [3.63, 3.8) is 0 Å². The van der Waals surface area contributed by atoms with Gasteiger partial charge < -0.3 is 9.80 Å². The summed E-state index contributed by atoms with van der Waals surface area (Å²) in [6, 6.07) is 21.3. The second-order valence-electron chi connectivity index (χ2n) is 9.35. The number of fused-ring (bicyclic) bond motifs is 3. The Hall–Kier alpha value is -2.48. The average Bonchev–Trinajstić information content (AvgIpc) is 3.12. The van der Waals surface area contributed by atoms with Crippen molar-refractivity contribution in [3.05, 3.63) is 65.7 Å². The predicted molar refractivity (Wildman–Crippen MR) is 119 cm³/mol. The maximum atomic E-state index is 2.71. The highest BCUT2D eigenvalue weighted by Crippen LogP contribution is 2.56. The Bertz CT molecular complexity index is 1070. The Morgan fingerprint density at radius 3 is 2.32 bits per heavy atom. The lowest BCUT2D eigenvalue weighted by molar-refractivity contribution is 0.420. The Morgan fingerprint density at radius 1 is 0.786 bits per heavy atom. The van der Waals surface area contributed by atoms with Gasteiger partial charge in [-0.25, -0.2) is 0 Å². The fourth-order valence-electron chi connectivity index (χ4n) is 5.85. The van der Waals surface area contributed by atoms with Crippen LogP contribution in [0.1, 0.15) is 57.1 Å². The third-order valence-corrected chi connectivity index (χ3v) is 7.40. The maximum Gasteiger partial charge on any atom is 0.0956 e. The molecule has 2 heteroatoms. The zero-order chi connectivity index (χ0) is 18.9. The number of rotatable bonds is 1. The van der Waals surface area contributed by atoms with Crippen LogP contribution in [0, 0.1) is 0 Å². The van der Waals surface area contributed by atoms with Crippen LogP contribution in [0.5, 0.6) is 0 Å². The smallest absolute Gasteiger partial charge is 0.0956 e. The van der Waals surface area contributed by atoms with Crippen molar-refractivity contribution in [2.24, 2.45) is 0 Å². The van der Waals surface area contributed by atoms with E-state index in [4.69, 9.17) is 0 Å². The molecule has 0 radical (unpaired) electrons. The maximum absolute atomic E-state index is 2.71. The number of anilines is 3. The van der Waals surface area contributed by atoms with Crippen LogP contribution < -0.4 is 9.80 Å². The normalized spacial score (nSPS) is 20.4. The fourth-order valence-corrected chi connectivity index (χ4v) is 5.85. The van der Waals surface area contributed by atoms with Crippen LogP contribution in [0.3, 0.4) is 0 Å². The van der Waals surface area contributed by atoms with Crippen molar-refractivity contribution < 1.29 is 0 Å². The molecule has 6 rings (SSSR count). The highest BCUT2D eigenvalue weighted by Gasteiger charge is 2.43. The van der Waals surface area contributed by atoms with Gasteiger partial charge in [-0.05, 0) is 52.9 Å². The molecule has 3 aromatic carbocycles. The van der Waals surface area contributed by atoms with E-state index in [9.17, 15) is 0 Å². The van der Waals surface area contributed by atoms with Gasteiger partial charge in [0.1, 0.15) is 0 Å². The van der Waals surface area contributed by atoms with Gasteiger partial charge in [-0.2, -0.15) is 0 Å². The van der Waals surface area contributed by atoms with E-state index in [1.807, 2.05) is 0 Å². The minimum absolute atomic E-state index is 0.0176. The Balaban J connectivity index is 1.57. The van der Waals surface area contributed by atoms with E-state index in [0.29, 0.717) is 6.04 Å². The Labute approximate surface area is 167 Å². The van der Waals surface area contributed by atoms with Gasteiger partial charge in [0.05, 0.1) is 18.0 Å². The van der Waals surface area contributed by atoms with E-state index in [1.165, 1.54) is 71.1 Å². The van der Waals surface area contributed by atoms with Gasteiger partial charge in [0.25, 0.3) is 0 Å². The van der Waals surface area contributed by atoms with Gasteiger partial charge in [-0.15, -0.1) is 0 Å². The van der Waals surface area contributed by atoms with Gasteiger partial charge >= 0.3 is 0 Å². The van der Waals surface area contributed by atoms with Gasteiger partial charge in [-0.3, -0.25) is 0 Å². The molecule has 0 spiro atoms. The monoisotopic (exact) mass is 368 g/mol. The van der Waals surface area contributed by atoms with E-state index in [2.05, 4.69) is 78.2 Å². The first-order valence-corrected chi connectivity index (χ1v) is 10.9. The van der Waals surface area contributed by atoms with Crippen LogP contribution in [0.4, 0.5) is 17.1 Å². The molecule has 2 heterocycles. The standard InChI is InChI=1S/C26H28N2/c1-26(2)21-13-8-14-23-25(21)28(17-27(23)20-11-4-3-5-12-20)24-16-19-10-7-6-9-18(19)15-22(24)26/h6-10,13-16,20H,3-5,11-12,17H2,1-2H3. The molecule has 3 aliphatic rings. The lowest BCUT2D eigenvalue weighted by Crippen LogP contribution is -2.39. The molecule has 2 nitrogen and oxygen atoms in total. The van der Waals surface area contributed by atoms with E-state index in [0.717, 1.165) is 6.67 Å². The number of hydrogen-bond acceptors (Lipinski definition) is 2. The summed E-state index contributed by atoms with van der Waals surface area (Å²) in [4.78, 5) is 5.31. The number of benzene rings is 3. The Kier molecular flexibility index (Phi) is 3.39. The van der Waals surface area contributed by atoms with Crippen molar-refractivity contribution >= 4 is 27.8 Å². The first-order valence-electron chi connectivity index (χ1n) is 10.9. The third kappa shape index (κ3) is 2.15. The van der Waals surface area contributed by atoms with Crippen LogP contribution >= 0.6 is 0 Å². The molecule has 1 saturated carbocycles. The van der Waals surface area contributed by atoms with Gasteiger partial charge in [0.15, 0.2) is 0 Å². The molecule has 0 aromatic heterocycles. The highest BCUT2D eigenvalue weighted by atomic mass is 15.4.